The molecule has 0 aliphatic carbocycles. The average Bonchev–Trinajstić information content (AvgIpc) is 2.65. The number of aliphatic hydroxyl groups is 1. The lowest BCUT2D eigenvalue weighted by atomic mass is 9.81. The minimum atomic E-state index is -0.460. The number of nitrogens with two attached hydrogens (primary N) is 1. The summed E-state index contributed by atoms with van der Waals surface area (Å²) in [7, 11) is 0. The van der Waals surface area contributed by atoms with Crippen molar-refractivity contribution in [3.8, 4) is 0 Å². The third-order valence-corrected chi connectivity index (χ3v) is 5.73. The maximum Gasteiger partial charge on any atom is 0.227 e. The number of carbonyl (C=O) groups is 1. The Morgan fingerprint density at radius 3 is 2.26 bits per heavy atom. The summed E-state index contributed by atoms with van der Waals surface area (Å²) in [5, 5.41) is 12.8. The van der Waals surface area contributed by atoms with E-state index in [9.17, 15) is 9.90 Å². The predicted molar refractivity (Wildman–Crippen MR) is 115 cm³/mol. The number of benzene rings is 1. The summed E-state index contributed by atoms with van der Waals surface area (Å²) < 4.78 is 0. The second-order valence-corrected chi connectivity index (χ2v) is 7.15. The molecule has 4 N–H and O–H groups in total. The Hall–Kier alpha value is -0.850. The lowest BCUT2D eigenvalue weighted by molar-refractivity contribution is -0.131. The summed E-state index contributed by atoms with van der Waals surface area (Å²) in [5.74, 6) is 0.0518. The van der Waals surface area contributed by atoms with Crippen LogP contribution < -0.4 is 11.1 Å². The van der Waals surface area contributed by atoms with Gasteiger partial charge in [0, 0.05) is 32.7 Å². The minimum Gasteiger partial charge on any atom is -0.393 e. The molecule has 1 aromatic rings. The van der Waals surface area contributed by atoms with E-state index < -0.39 is 5.41 Å². The van der Waals surface area contributed by atoms with Crippen LogP contribution in [0.25, 0.3) is 0 Å². The van der Waals surface area contributed by atoms with Crippen molar-refractivity contribution < 1.29 is 9.90 Å². The summed E-state index contributed by atoms with van der Waals surface area (Å²) in [6.07, 6.45) is 3.03. The monoisotopic (exact) mass is 419 g/mol. The van der Waals surface area contributed by atoms with Gasteiger partial charge in [0.1, 0.15) is 0 Å². The summed E-state index contributed by atoms with van der Waals surface area (Å²) in [5.41, 5.74) is 7.81. The summed E-state index contributed by atoms with van der Waals surface area (Å²) >= 11 is 0. The maximum absolute atomic E-state index is 12.6. The topological polar surface area (TPSA) is 78.6 Å². The summed E-state index contributed by atoms with van der Waals surface area (Å²) in [4.78, 5) is 15.0. The van der Waals surface area contributed by atoms with Crippen LogP contribution in [-0.2, 0) is 17.9 Å². The van der Waals surface area contributed by atoms with Crippen LogP contribution in [0.3, 0.4) is 0 Å². The second-order valence-electron chi connectivity index (χ2n) is 7.15. The van der Waals surface area contributed by atoms with Crippen molar-refractivity contribution in [3.05, 3.63) is 35.4 Å². The first-order valence-electron chi connectivity index (χ1n) is 9.50. The molecule has 1 aromatic carbocycles. The molecule has 0 aromatic heterocycles. The van der Waals surface area contributed by atoms with Crippen molar-refractivity contribution in [1.29, 1.82) is 0 Å². The number of rotatable bonds is 8. The third kappa shape index (κ3) is 6.91. The Morgan fingerprint density at radius 2 is 1.74 bits per heavy atom. The number of likely N-dealkylation sites (tertiary alicyclic amines) is 1. The van der Waals surface area contributed by atoms with Crippen molar-refractivity contribution >= 4 is 30.7 Å². The molecule has 0 bridgehead atoms. The average molecular weight is 420 g/mol. The predicted octanol–water partition coefficient (Wildman–Crippen LogP) is 2.87. The van der Waals surface area contributed by atoms with E-state index in [1.165, 1.54) is 5.56 Å². The van der Waals surface area contributed by atoms with Crippen molar-refractivity contribution in [1.82, 2.24) is 10.2 Å². The van der Waals surface area contributed by atoms with Gasteiger partial charge >= 0.3 is 0 Å². The Balaban J connectivity index is 0.00000338. The highest BCUT2D eigenvalue weighted by Crippen LogP contribution is 2.25. The molecule has 1 heterocycles. The number of amides is 1. The van der Waals surface area contributed by atoms with E-state index in [-0.39, 0.29) is 36.8 Å². The quantitative estimate of drug-likeness (QED) is 0.604. The molecule has 1 aliphatic rings. The zero-order valence-corrected chi connectivity index (χ0v) is 18.1. The largest absolute Gasteiger partial charge is 0.393 e. The van der Waals surface area contributed by atoms with Crippen LogP contribution in [0, 0.1) is 5.41 Å². The van der Waals surface area contributed by atoms with Gasteiger partial charge in [0.05, 0.1) is 11.5 Å². The van der Waals surface area contributed by atoms with E-state index in [2.05, 4.69) is 22.3 Å². The normalized spacial score (nSPS) is 15.6. The summed E-state index contributed by atoms with van der Waals surface area (Å²) in [6, 6.07) is 8.27. The van der Waals surface area contributed by atoms with Crippen LogP contribution in [0.5, 0.6) is 0 Å². The van der Waals surface area contributed by atoms with Crippen LogP contribution in [0.1, 0.15) is 50.7 Å². The first-order chi connectivity index (χ1) is 12.0. The molecule has 1 saturated heterocycles. The van der Waals surface area contributed by atoms with Crippen LogP contribution in [0.15, 0.2) is 24.3 Å². The van der Waals surface area contributed by atoms with Crippen molar-refractivity contribution in [3.63, 3.8) is 0 Å². The summed E-state index contributed by atoms with van der Waals surface area (Å²) in [6.45, 7) is 7.66. The molecule has 0 atom stereocenters. The standard InChI is InChI=1S/C20H33N3O2.2ClH/c1-3-20(4-2,15-21)19(25)22-13-16-7-5-6-8-17(16)14-23-11-9-18(24)10-12-23;;/h5-8,18,24H,3-4,9-15,21H2,1-2H3,(H,22,25);2*1H. The SMILES string of the molecule is CCC(CC)(CN)C(=O)NCc1ccccc1CN1CCC(O)CC1.Cl.Cl. The zero-order valence-electron chi connectivity index (χ0n) is 16.4. The molecule has 0 saturated carbocycles. The lowest BCUT2D eigenvalue weighted by Gasteiger charge is -2.30. The van der Waals surface area contributed by atoms with Crippen molar-refractivity contribution in [2.75, 3.05) is 19.6 Å². The highest BCUT2D eigenvalue weighted by molar-refractivity contribution is 5.85. The molecule has 2 rings (SSSR count). The number of hydrogen-bond acceptors (Lipinski definition) is 4. The van der Waals surface area contributed by atoms with E-state index in [4.69, 9.17) is 5.73 Å². The van der Waals surface area contributed by atoms with Crippen LogP contribution in [0.4, 0.5) is 0 Å². The van der Waals surface area contributed by atoms with Crippen molar-refractivity contribution in [2.24, 2.45) is 11.1 Å². The van der Waals surface area contributed by atoms with E-state index in [0.717, 1.165) is 50.9 Å². The van der Waals surface area contributed by atoms with Gasteiger partial charge in [-0.15, -0.1) is 24.8 Å². The fourth-order valence-corrected chi connectivity index (χ4v) is 3.52. The van der Waals surface area contributed by atoms with Crippen molar-refractivity contribution in [2.45, 2.75) is 58.7 Å². The molecule has 1 amide bonds. The molecule has 0 unspecified atom stereocenters. The molecule has 7 heteroatoms. The molecule has 0 spiro atoms. The molecule has 1 aliphatic heterocycles. The Kier molecular flexibility index (Phi) is 12.2. The molecular weight excluding hydrogens is 385 g/mol. The van der Waals surface area contributed by atoms with Crippen LogP contribution in [-0.4, -0.2) is 41.7 Å². The minimum absolute atomic E-state index is 0. The maximum atomic E-state index is 12.6. The first kappa shape index (κ1) is 26.1. The van der Waals surface area contributed by atoms with Gasteiger partial charge < -0.3 is 16.2 Å². The van der Waals surface area contributed by atoms with E-state index in [1.54, 1.807) is 0 Å². The number of halogens is 2. The number of nitrogens with zero attached hydrogens (tertiary/aromatic N) is 1. The Bertz CT molecular complexity index is 552. The highest BCUT2D eigenvalue weighted by Gasteiger charge is 2.33. The van der Waals surface area contributed by atoms with Crippen LogP contribution in [0.2, 0.25) is 0 Å². The van der Waals surface area contributed by atoms with Gasteiger partial charge in [0.2, 0.25) is 5.91 Å². The molecular formula is C20H35Cl2N3O2. The van der Waals surface area contributed by atoms with Crippen LogP contribution >= 0.6 is 24.8 Å². The number of aliphatic hydroxyl groups excluding tert-OH is 1. The van der Waals surface area contributed by atoms with Gasteiger partial charge in [-0.25, -0.2) is 0 Å². The Labute approximate surface area is 175 Å². The van der Waals surface area contributed by atoms with Gasteiger partial charge in [0.15, 0.2) is 0 Å². The van der Waals surface area contributed by atoms with E-state index in [0.29, 0.717) is 13.1 Å². The molecule has 27 heavy (non-hydrogen) atoms. The lowest BCUT2D eigenvalue weighted by Crippen LogP contribution is -2.45. The molecule has 5 nitrogen and oxygen atoms in total. The fraction of sp³-hybridized carbons (Fsp3) is 0.650. The number of hydrogen-bond donors (Lipinski definition) is 3. The van der Waals surface area contributed by atoms with Gasteiger partial charge in [0.25, 0.3) is 0 Å². The van der Waals surface area contributed by atoms with E-state index >= 15 is 0 Å². The van der Waals surface area contributed by atoms with Gasteiger partial charge in [-0.05, 0) is 36.8 Å². The second kappa shape index (κ2) is 12.6. The van der Waals surface area contributed by atoms with Gasteiger partial charge in [-0.2, -0.15) is 0 Å². The highest BCUT2D eigenvalue weighted by atomic mass is 35.5. The molecule has 1 fully saturated rings. The molecule has 0 radical (unpaired) electrons. The van der Waals surface area contributed by atoms with E-state index in [1.807, 2.05) is 26.0 Å². The van der Waals surface area contributed by atoms with Gasteiger partial charge in [-0.1, -0.05) is 38.1 Å². The van der Waals surface area contributed by atoms with Gasteiger partial charge in [-0.3, -0.25) is 9.69 Å². The number of carbonyl (C=O) groups excluding carboxylic acids is 1. The smallest absolute Gasteiger partial charge is 0.227 e. The third-order valence-electron chi connectivity index (χ3n) is 5.73. The number of piperidine rings is 1. The number of nitrogens with one attached hydrogen (secondary N) is 1. The molecule has 156 valence electrons. The fourth-order valence-electron chi connectivity index (χ4n) is 3.52. The zero-order chi connectivity index (χ0) is 18.3. The Morgan fingerprint density at radius 1 is 1.19 bits per heavy atom. The first-order valence-corrected chi connectivity index (χ1v) is 9.50.